The molecular formula is C39H62N12O6. The molecule has 4 rings (SSSR count). The first-order valence-corrected chi connectivity index (χ1v) is 19.5. The van der Waals surface area contributed by atoms with Crippen LogP contribution in [0.15, 0.2) is 49.6 Å². The van der Waals surface area contributed by atoms with Crippen molar-refractivity contribution in [1.29, 1.82) is 0 Å². The average molecular weight is 795 g/mol. The highest BCUT2D eigenvalue weighted by Crippen LogP contribution is 2.20. The van der Waals surface area contributed by atoms with Gasteiger partial charge in [0.1, 0.15) is 49.5 Å². The van der Waals surface area contributed by atoms with Gasteiger partial charge >= 0.3 is 11.9 Å². The zero-order chi connectivity index (χ0) is 42.3. The number of carbonyl (C=O) groups is 4. The van der Waals surface area contributed by atoms with Gasteiger partial charge in [-0.15, -0.1) is 0 Å². The first kappa shape index (κ1) is 46.0. The number of imidazole rings is 4. The number of amides is 2. The van der Waals surface area contributed by atoms with Crippen LogP contribution in [0.3, 0.4) is 0 Å². The van der Waals surface area contributed by atoms with E-state index in [1.165, 1.54) is 0 Å². The highest BCUT2D eigenvalue weighted by molar-refractivity contribution is 5.76. The van der Waals surface area contributed by atoms with Crippen LogP contribution in [-0.2, 0) is 71.5 Å². The van der Waals surface area contributed by atoms with E-state index in [4.69, 9.17) is 10.2 Å². The zero-order valence-electron chi connectivity index (χ0n) is 35.1. The maximum atomic E-state index is 12.6. The van der Waals surface area contributed by atoms with Crippen molar-refractivity contribution in [3.63, 3.8) is 0 Å². The van der Waals surface area contributed by atoms with Gasteiger partial charge in [-0.2, -0.15) is 0 Å². The lowest BCUT2D eigenvalue weighted by Gasteiger charge is -2.35. The average Bonchev–Trinajstić information content (AvgIpc) is 3.96. The van der Waals surface area contributed by atoms with Crippen molar-refractivity contribution in [1.82, 2.24) is 57.8 Å². The fourth-order valence-corrected chi connectivity index (χ4v) is 6.13. The first-order chi connectivity index (χ1) is 27.0. The van der Waals surface area contributed by atoms with Crippen LogP contribution in [0.5, 0.6) is 0 Å². The number of carboxylic acids is 2. The minimum atomic E-state index is -0.928. The molecule has 0 saturated carbocycles. The molecule has 0 bridgehead atoms. The third-order valence-electron chi connectivity index (χ3n) is 9.69. The lowest BCUT2D eigenvalue weighted by Crippen LogP contribution is -2.42. The summed E-state index contributed by atoms with van der Waals surface area (Å²) >= 11 is 0. The van der Waals surface area contributed by atoms with Crippen LogP contribution in [-0.4, -0.2) is 130 Å². The Hall–Kier alpha value is -5.36. The number of likely N-dealkylation sites (N-methyl/N-ethyl adjacent to an activating group) is 2. The highest BCUT2D eigenvalue weighted by Gasteiger charge is 2.26. The van der Waals surface area contributed by atoms with Gasteiger partial charge in [0.15, 0.2) is 0 Å². The van der Waals surface area contributed by atoms with Gasteiger partial charge in [0.25, 0.3) is 0 Å². The highest BCUT2D eigenvalue weighted by atomic mass is 16.4. The lowest BCUT2D eigenvalue weighted by atomic mass is 10.1. The second-order valence-electron chi connectivity index (χ2n) is 14.8. The minimum absolute atomic E-state index is 0.0898. The molecule has 0 aliphatic rings. The zero-order valence-corrected chi connectivity index (χ0v) is 35.1. The molecule has 0 aromatic carbocycles. The van der Waals surface area contributed by atoms with Gasteiger partial charge in [0.2, 0.25) is 11.8 Å². The molecule has 0 atom stereocenters. The lowest BCUT2D eigenvalue weighted by molar-refractivity contribution is -0.138. The molecule has 0 spiro atoms. The van der Waals surface area contributed by atoms with Crippen LogP contribution in [0.25, 0.3) is 0 Å². The van der Waals surface area contributed by atoms with E-state index in [0.717, 1.165) is 11.6 Å². The second kappa shape index (κ2) is 21.8. The van der Waals surface area contributed by atoms with Gasteiger partial charge in [-0.3, -0.25) is 29.0 Å². The molecule has 0 aliphatic heterocycles. The summed E-state index contributed by atoms with van der Waals surface area (Å²) in [6.45, 7) is 23.5. The summed E-state index contributed by atoms with van der Waals surface area (Å²) in [4.78, 5) is 72.6. The van der Waals surface area contributed by atoms with Crippen molar-refractivity contribution in [3.05, 3.63) is 72.9 Å². The monoisotopic (exact) mass is 794 g/mol. The topological polar surface area (TPSA) is 193 Å². The minimum Gasteiger partial charge on any atom is -0.480 e. The Balaban J connectivity index is 0.000000321. The van der Waals surface area contributed by atoms with E-state index in [0.29, 0.717) is 64.0 Å². The molecule has 4 aromatic heterocycles. The molecule has 0 aliphatic carbocycles. The summed E-state index contributed by atoms with van der Waals surface area (Å²) < 4.78 is 7.02. The maximum absolute atomic E-state index is 12.6. The van der Waals surface area contributed by atoms with Crippen molar-refractivity contribution >= 4 is 23.8 Å². The Morgan fingerprint density at radius 3 is 1.12 bits per heavy atom. The SMILES string of the molecule is CC(C)N(Cc1nccn1CC(=O)O)Cc1nccn1CC(=O)O.CCN(CC)C(=O)Cn1ccnc1CN(Cc1nccn1CC(=O)N(CC)CC)C(C)(C)C. The first-order valence-electron chi connectivity index (χ1n) is 19.5. The number of carboxylic acid groups (broad SMARTS) is 2. The van der Waals surface area contributed by atoms with Crippen molar-refractivity contribution in [3.8, 4) is 0 Å². The Kier molecular flexibility index (Phi) is 17.6. The number of rotatable bonds is 21. The molecule has 4 heterocycles. The van der Waals surface area contributed by atoms with Crippen LogP contribution in [0.1, 0.15) is 85.6 Å². The van der Waals surface area contributed by atoms with E-state index >= 15 is 0 Å². The quantitative estimate of drug-likeness (QED) is 0.125. The predicted octanol–water partition coefficient (Wildman–Crippen LogP) is 3.28. The number of nitrogens with zero attached hydrogens (tertiary/aromatic N) is 12. The van der Waals surface area contributed by atoms with Gasteiger partial charge < -0.3 is 38.3 Å². The number of carbonyl (C=O) groups excluding carboxylic acids is 2. The van der Waals surface area contributed by atoms with Gasteiger partial charge in [-0.25, -0.2) is 19.9 Å². The van der Waals surface area contributed by atoms with E-state index in [-0.39, 0.29) is 49.6 Å². The fourth-order valence-electron chi connectivity index (χ4n) is 6.13. The van der Waals surface area contributed by atoms with Gasteiger partial charge in [-0.1, -0.05) is 0 Å². The molecule has 314 valence electrons. The summed E-state index contributed by atoms with van der Waals surface area (Å²) in [5.41, 5.74) is -0.167. The van der Waals surface area contributed by atoms with Crippen LogP contribution >= 0.6 is 0 Å². The second-order valence-corrected chi connectivity index (χ2v) is 14.8. The van der Waals surface area contributed by atoms with Crippen LogP contribution in [0, 0.1) is 0 Å². The Bertz CT molecular complexity index is 1740. The summed E-state index contributed by atoms with van der Waals surface area (Å²) in [5, 5.41) is 17.9. The molecule has 18 heteroatoms. The molecule has 4 aromatic rings. The number of hydrogen-bond donors (Lipinski definition) is 2. The van der Waals surface area contributed by atoms with E-state index in [1.807, 2.05) is 72.9 Å². The van der Waals surface area contributed by atoms with Crippen molar-refractivity contribution < 1.29 is 29.4 Å². The van der Waals surface area contributed by atoms with Crippen LogP contribution < -0.4 is 0 Å². The smallest absolute Gasteiger partial charge is 0.323 e. The molecule has 0 radical (unpaired) electrons. The van der Waals surface area contributed by atoms with Crippen molar-refractivity contribution in [2.24, 2.45) is 0 Å². The van der Waals surface area contributed by atoms with Gasteiger partial charge in [0.05, 0.1) is 26.2 Å². The largest absolute Gasteiger partial charge is 0.480 e. The molecule has 0 fully saturated rings. The van der Waals surface area contributed by atoms with Gasteiger partial charge in [0, 0.05) is 87.3 Å². The van der Waals surface area contributed by atoms with E-state index in [9.17, 15) is 19.2 Å². The molecule has 18 nitrogen and oxygen atoms in total. The molecule has 0 saturated heterocycles. The third kappa shape index (κ3) is 14.0. The maximum Gasteiger partial charge on any atom is 0.323 e. The van der Waals surface area contributed by atoms with Crippen LogP contribution in [0.2, 0.25) is 0 Å². The van der Waals surface area contributed by atoms with E-state index in [1.54, 1.807) is 46.3 Å². The molecule has 2 amide bonds. The summed E-state index contributed by atoms with van der Waals surface area (Å²) in [5.74, 6) is 1.28. The molecule has 2 N–H and O–H groups in total. The summed E-state index contributed by atoms with van der Waals surface area (Å²) in [6, 6.07) is 0.148. The fraction of sp³-hybridized carbons (Fsp3) is 0.590. The number of aromatic nitrogens is 8. The standard InChI is InChI=1S/C24H41N7O2.C15H21N5O4/c1-8-27(9-2)22(32)18-29-14-12-25-20(29)16-31(24(5,6)7)17-21-26-13-15-30(21)19-23(33)28(10-3)11-4;1-11(2)20(7-12-16-3-5-18(12)9-14(21)22)8-13-17-4-6-19(13)10-15(23)24/h12-15H,8-11,16-19H2,1-7H3;3-6,11H,7-10H2,1-2H3,(H,21,22)(H,23,24). The molecule has 57 heavy (non-hydrogen) atoms. The van der Waals surface area contributed by atoms with Crippen molar-refractivity contribution in [2.45, 2.75) is 126 Å². The normalized spacial score (nSPS) is 11.6. The Labute approximate surface area is 335 Å². The Morgan fingerprint density at radius 2 is 0.860 bits per heavy atom. The third-order valence-corrected chi connectivity index (χ3v) is 9.69. The Morgan fingerprint density at radius 1 is 0.561 bits per heavy atom. The molecule has 0 unspecified atom stereocenters. The van der Waals surface area contributed by atoms with E-state index < -0.39 is 11.9 Å². The number of aliphatic carboxylic acids is 2. The summed E-state index contributed by atoms with van der Waals surface area (Å²) in [6.07, 6.45) is 13.6. The van der Waals surface area contributed by atoms with Crippen molar-refractivity contribution in [2.75, 3.05) is 26.2 Å². The predicted molar refractivity (Wildman–Crippen MR) is 213 cm³/mol. The van der Waals surface area contributed by atoms with Crippen LogP contribution in [0.4, 0.5) is 0 Å². The van der Waals surface area contributed by atoms with E-state index in [2.05, 4.69) is 50.5 Å². The molecular weight excluding hydrogens is 733 g/mol. The van der Waals surface area contributed by atoms with Gasteiger partial charge in [-0.05, 0) is 62.3 Å². The number of hydrogen-bond acceptors (Lipinski definition) is 10. The summed E-state index contributed by atoms with van der Waals surface area (Å²) in [7, 11) is 0.